The number of hydrogen-bond donors (Lipinski definition) is 1. The molecule has 0 spiro atoms. The van der Waals surface area contributed by atoms with Gasteiger partial charge in [0.1, 0.15) is 0 Å². The molecule has 1 unspecified atom stereocenters. The Morgan fingerprint density at radius 3 is 3.12 bits per heavy atom. The van der Waals surface area contributed by atoms with E-state index < -0.39 is 0 Å². The predicted molar refractivity (Wildman–Crippen MR) is 70.5 cm³/mol. The van der Waals surface area contributed by atoms with Crippen LogP contribution >= 0.6 is 15.9 Å². The molecule has 16 heavy (non-hydrogen) atoms. The lowest BCUT2D eigenvalue weighted by Gasteiger charge is -2.23. The minimum Gasteiger partial charge on any atom is -0.344 e. The monoisotopic (exact) mass is 278 g/mol. The van der Waals surface area contributed by atoms with E-state index in [2.05, 4.69) is 44.8 Å². The van der Waals surface area contributed by atoms with Gasteiger partial charge in [-0.2, -0.15) is 0 Å². The summed E-state index contributed by atoms with van der Waals surface area (Å²) in [5.41, 5.74) is 8.54. The minimum absolute atomic E-state index is 0.663. The van der Waals surface area contributed by atoms with Crippen molar-refractivity contribution in [3.63, 3.8) is 0 Å². The molecule has 84 valence electrons. The van der Waals surface area contributed by atoms with E-state index in [-0.39, 0.29) is 0 Å². The van der Waals surface area contributed by atoms with Gasteiger partial charge >= 0.3 is 0 Å². The number of rotatable bonds is 1. The van der Waals surface area contributed by atoms with Crippen LogP contribution in [0.2, 0.25) is 0 Å². The number of aryl methyl sites for hydroxylation is 1. The summed E-state index contributed by atoms with van der Waals surface area (Å²) < 4.78 is 3.63. The molecule has 0 aliphatic carbocycles. The Kier molecular flexibility index (Phi) is 2.52. The van der Waals surface area contributed by atoms with Crippen LogP contribution in [0.5, 0.6) is 0 Å². The van der Waals surface area contributed by atoms with Crippen LogP contribution in [0.1, 0.15) is 12.1 Å². The molecule has 0 saturated heterocycles. The minimum atomic E-state index is 0.663. The molecule has 1 aliphatic heterocycles. The van der Waals surface area contributed by atoms with Gasteiger partial charge in [0.15, 0.2) is 0 Å². The molecule has 2 N–H and O–H groups in total. The fourth-order valence-electron chi connectivity index (χ4n) is 2.67. The van der Waals surface area contributed by atoms with Crippen LogP contribution < -0.4 is 5.73 Å². The highest BCUT2D eigenvalue weighted by Crippen LogP contribution is 2.31. The second-order valence-electron chi connectivity index (χ2n) is 4.56. The van der Waals surface area contributed by atoms with Gasteiger partial charge in [-0.3, -0.25) is 0 Å². The Balaban J connectivity index is 2.17. The average Bonchev–Trinajstić information content (AvgIpc) is 2.67. The van der Waals surface area contributed by atoms with Crippen LogP contribution in [-0.4, -0.2) is 11.1 Å². The Morgan fingerprint density at radius 1 is 1.44 bits per heavy atom. The third-order valence-electron chi connectivity index (χ3n) is 3.55. The molecule has 0 fully saturated rings. The van der Waals surface area contributed by atoms with Crippen LogP contribution in [0.3, 0.4) is 0 Å². The van der Waals surface area contributed by atoms with E-state index in [4.69, 9.17) is 5.73 Å². The second kappa shape index (κ2) is 3.90. The molecule has 0 radical (unpaired) electrons. The molecule has 1 aromatic carbocycles. The van der Waals surface area contributed by atoms with Gasteiger partial charge in [-0.05, 0) is 53.4 Å². The van der Waals surface area contributed by atoms with Crippen molar-refractivity contribution >= 4 is 26.8 Å². The summed E-state index contributed by atoms with van der Waals surface area (Å²) in [7, 11) is 0. The molecule has 0 saturated carbocycles. The number of halogens is 1. The average molecular weight is 279 g/mol. The number of nitrogens with two attached hydrogens (primary N) is 1. The summed E-state index contributed by atoms with van der Waals surface area (Å²) in [5.74, 6) is 0.663. The van der Waals surface area contributed by atoms with Gasteiger partial charge in [0.2, 0.25) is 0 Å². The van der Waals surface area contributed by atoms with Crippen molar-refractivity contribution in [2.75, 3.05) is 6.54 Å². The molecule has 3 rings (SSSR count). The van der Waals surface area contributed by atoms with Gasteiger partial charge in [0, 0.05) is 22.1 Å². The predicted octanol–water partition coefficient (Wildman–Crippen LogP) is 2.92. The first kappa shape index (κ1) is 10.4. The lowest BCUT2D eigenvalue weighted by atomic mass is 9.96. The maximum Gasteiger partial charge on any atom is 0.0626 e. The van der Waals surface area contributed by atoms with Gasteiger partial charge < -0.3 is 10.3 Å². The zero-order valence-electron chi connectivity index (χ0n) is 9.12. The number of hydrogen-bond acceptors (Lipinski definition) is 1. The molecule has 3 heteroatoms. The van der Waals surface area contributed by atoms with Crippen LogP contribution in [0, 0.1) is 5.92 Å². The topological polar surface area (TPSA) is 30.9 Å². The fraction of sp³-hybridized carbons (Fsp3) is 0.385. The maximum atomic E-state index is 5.77. The second-order valence-corrected chi connectivity index (χ2v) is 5.41. The third-order valence-corrected chi connectivity index (χ3v) is 4.19. The number of para-hydroxylation sites is 1. The summed E-state index contributed by atoms with van der Waals surface area (Å²) in [6.07, 6.45) is 2.33. The van der Waals surface area contributed by atoms with E-state index in [1.165, 1.54) is 27.5 Å². The molecule has 2 nitrogen and oxygen atoms in total. The molecule has 1 aromatic heterocycles. The first-order chi connectivity index (χ1) is 7.79. The molecule has 1 atom stereocenters. The summed E-state index contributed by atoms with van der Waals surface area (Å²) in [6.45, 7) is 1.91. The van der Waals surface area contributed by atoms with E-state index in [0.717, 1.165) is 19.5 Å². The van der Waals surface area contributed by atoms with E-state index in [1.54, 1.807) is 0 Å². The number of aromatic nitrogens is 1. The van der Waals surface area contributed by atoms with Gasteiger partial charge in [0.25, 0.3) is 0 Å². The Bertz CT molecular complexity index is 530. The lowest BCUT2D eigenvalue weighted by molar-refractivity contribution is 0.402. The summed E-state index contributed by atoms with van der Waals surface area (Å²) >= 11 is 3.64. The van der Waals surface area contributed by atoms with Crippen molar-refractivity contribution < 1.29 is 0 Å². The van der Waals surface area contributed by atoms with Crippen LogP contribution in [0.15, 0.2) is 28.7 Å². The van der Waals surface area contributed by atoms with Gasteiger partial charge in [-0.1, -0.05) is 12.1 Å². The molecule has 0 amide bonds. The van der Waals surface area contributed by atoms with Crippen molar-refractivity contribution in [3.05, 3.63) is 34.4 Å². The van der Waals surface area contributed by atoms with Gasteiger partial charge in [0.05, 0.1) is 5.52 Å². The van der Waals surface area contributed by atoms with E-state index in [1.807, 2.05) is 0 Å². The SMILES string of the molecule is NCC1CCn2c(cc3cccc(Br)c32)C1. The van der Waals surface area contributed by atoms with Crippen molar-refractivity contribution in [1.29, 1.82) is 0 Å². The number of fused-ring (bicyclic) bond motifs is 3. The summed E-state index contributed by atoms with van der Waals surface area (Å²) in [4.78, 5) is 0. The van der Waals surface area contributed by atoms with Crippen molar-refractivity contribution in [1.82, 2.24) is 4.57 Å². The normalized spacial score (nSPS) is 20.0. The lowest BCUT2D eigenvalue weighted by Crippen LogP contribution is -2.24. The van der Waals surface area contributed by atoms with Crippen LogP contribution in [0.4, 0.5) is 0 Å². The van der Waals surface area contributed by atoms with Crippen molar-refractivity contribution in [2.45, 2.75) is 19.4 Å². The quantitative estimate of drug-likeness (QED) is 0.855. The zero-order chi connectivity index (χ0) is 11.1. The van der Waals surface area contributed by atoms with Crippen molar-refractivity contribution in [3.8, 4) is 0 Å². The number of nitrogens with zero attached hydrogens (tertiary/aromatic N) is 1. The van der Waals surface area contributed by atoms with Gasteiger partial charge in [-0.15, -0.1) is 0 Å². The smallest absolute Gasteiger partial charge is 0.0626 e. The van der Waals surface area contributed by atoms with Crippen molar-refractivity contribution in [2.24, 2.45) is 11.7 Å². The summed E-state index contributed by atoms with van der Waals surface area (Å²) in [6, 6.07) is 8.70. The molecular weight excluding hydrogens is 264 g/mol. The van der Waals surface area contributed by atoms with E-state index in [9.17, 15) is 0 Å². The highest BCUT2D eigenvalue weighted by Gasteiger charge is 2.20. The Labute approximate surface area is 104 Å². The molecular formula is C13H15BrN2. The first-order valence-electron chi connectivity index (χ1n) is 5.76. The summed E-state index contributed by atoms with van der Waals surface area (Å²) in [5, 5.41) is 1.34. The van der Waals surface area contributed by atoms with E-state index >= 15 is 0 Å². The molecule has 2 heterocycles. The molecule has 1 aliphatic rings. The number of benzene rings is 1. The highest BCUT2D eigenvalue weighted by atomic mass is 79.9. The van der Waals surface area contributed by atoms with Gasteiger partial charge in [-0.25, -0.2) is 0 Å². The van der Waals surface area contributed by atoms with Crippen LogP contribution in [0.25, 0.3) is 10.9 Å². The fourth-order valence-corrected chi connectivity index (χ4v) is 3.27. The zero-order valence-corrected chi connectivity index (χ0v) is 10.7. The molecule has 0 bridgehead atoms. The van der Waals surface area contributed by atoms with E-state index in [0.29, 0.717) is 5.92 Å². The Morgan fingerprint density at radius 2 is 2.31 bits per heavy atom. The largest absolute Gasteiger partial charge is 0.344 e. The standard InChI is InChI=1S/C13H15BrN2/c14-12-3-1-2-10-7-11-6-9(8-15)4-5-16(11)13(10)12/h1-3,7,9H,4-6,8,15H2. The van der Waals surface area contributed by atoms with Crippen LogP contribution in [-0.2, 0) is 13.0 Å². The molecule has 2 aromatic rings. The maximum absolute atomic E-state index is 5.77. The Hall–Kier alpha value is -0.800. The third kappa shape index (κ3) is 1.50. The first-order valence-corrected chi connectivity index (χ1v) is 6.55. The highest BCUT2D eigenvalue weighted by molar-refractivity contribution is 9.10.